The molecule has 0 fully saturated rings. The summed E-state index contributed by atoms with van der Waals surface area (Å²) in [5.74, 6) is 1.03. The van der Waals surface area contributed by atoms with E-state index in [-0.39, 0.29) is 9.72 Å². The van der Waals surface area contributed by atoms with Crippen molar-refractivity contribution in [3.8, 4) is 11.5 Å². The largest absolute Gasteiger partial charge is 0.486 e. The first-order valence-corrected chi connectivity index (χ1v) is 8.79. The van der Waals surface area contributed by atoms with Gasteiger partial charge in [0.1, 0.15) is 13.2 Å². The molecule has 0 N–H and O–H groups in total. The summed E-state index contributed by atoms with van der Waals surface area (Å²) in [5.41, 5.74) is 0. The number of benzene rings is 1. The van der Waals surface area contributed by atoms with E-state index < -0.39 is 10.0 Å². The number of hydrogen-bond donors (Lipinski definition) is 0. The summed E-state index contributed by atoms with van der Waals surface area (Å²) in [5, 5.41) is 0. The number of alkyl halides is 1. The van der Waals surface area contributed by atoms with Crippen LogP contribution in [-0.4, -0.2) is 58.1 Å². The Balaban J connectivity index is 2.19. The molecule has 0 aromatic heterocycles. The summed E-state index contributed by atoms with van der Waals surface area (Å²) in [4.78, 5) is 0.117. The van der Waals surface area contributed by atoms with Crippen molar-refractivity contribution in [3.63, 3.8) is 0 Å². The fraction of sp³-hybridized carbons (Fsp3) is 0.538. The van der Waals surface area contributed by atoms with Gasteiger partial charge in [-0.2, -0.15) is 4.31 Å². The fourth-order valence-corrected chi connectivity index (χ4v) is 4.10. The molecule has 1 aromatic rings. The van der Waals surface area contributed by atoms with Crippen LogP contribution in [0.4, 0.5) is 0 Å². The number of hydrogen-bond acceptors (Lipinski definition) is 5. The predicted octanol–water partition coefficient (Wildman–Crippen LogP) is 1.49. The normalized spacial score (nSPS) is 16.0. The third-order valence-corrected chi connectivity index (χ3v) is 5.40. The second-order valence-corrected chi connectivity index (χ2v) is 7.98. The monoisotopic (exact) mass is 379 g/mol. The molecule has 21 heavy (non-hydrogen) atoms. The molecule has 6 nitrogen and oxygen atoms in total. The average molecular weight is 380 g/mol. The Kier molecular flexibility index (Phi) is 5.48. The zero-order chi connectivity index (χ0) is 15.5. The Labute approximate surface area is 133 Å². The van der Waals surface area contributed by atoms with Crippen molar-refractivity contribution in [1.29, 1.82) is 0 Å². The van der Waals surface area contributed by atoms with Crippen LogP contribution >= 0.6 is 15.9 Å². The number of fused-ring (bicyclic) bond motifs is 1. The standard InChI is InChI=1S/C13H18BrNO5S/c1-15(8-10(14)9-18-2)21(16,17)11-3-4-12-13(7-11)20-6-5-19-12/h3-4,7,10H,5-6,8-9H2,1-2H3. The molecule has 1 atom stereocenters. The molecule has 0 aliphatic carbocycles. The lowest BCUT2D eigenvalue weighted by Crippen LogP contribution is -2.33. The first-order valence-electron chi connectivity index (χ1n) is 6.44. The number of sulfonamides is 1. The highest BCUT2D eigenvalue weighted by atomic mass is 79.9. The Bertz CT molecular complexity index is 592. The van der Waals surface area contributed by atoms with Gasteiger partial charge in [0, 0.05) is 26.8 Å². The molecule has 1 aromatic carbocycles. The third kappa shape index (κ3) is 3.88. The minimum atomic E-state index is -3.57. The van der Waals surface area contributed by atoms with Crippen LogP contribution in [0, 0.1) is 0 Å². The van der Waals surface area contributed by atoms with E-state index in [0.29, 0.717) is 37.9 Å². The van der Waals surface area contributed by atoms with Crippen molar-refractivity contribution in [2.45, 2.75) is 9.72 Å². The maximum absolute atomic E-state index is 12.5. The lowest BCUT2D eigenvalue weighted by molar-refractivity contribution is 0.171. The molecule has 2 rings (SSSR count). The highest BCUT2D eigenvalue weighted by Gasteiger charge is 2.25. The fourth-order valence-electron chi connectivity index (χ4n) is 1.97. The van der Waals surface area contributed by atoms with Gasteiger partial charge in [-0.25, -0.2) is 8.42 Å². The topological polar surface area (TPSA) is 65.1 Å². The van der Waals surface area contributed by atoms with Crippen molar-refractivity contribution >= 4 is 26.0 Å². The number of ether oxygens (including phenoxy) is 3. The molecule has 1 aliphatic heterocycles. The second-order valence-electron chi connectivity index (χ2n) is 4.64. The minimum Gasteiger partial charge on any atom is -0.486 e. The molecule has 118 valence electrons. The van der Waals surface area contributed by atoms with Crippen molar-refractivity contribution in [3.05, 3.63) is 18.2 Å². The van der Waals surface area contributed by atoms with Crippen molar-refractivity contribution in [2.75, 3.05) is 40.5 Å². The van der Waals surface area contributed by atoms with Gasteiger partial charge in [0.15, 0.2) is 11.5 Å². The molecule has 0 spiro atoms. The van der Waals surface area contributed by atoms with E-state index >= 15 is 0 Å². The van der Waals surface area contributed by atoms with Gasteiger partial charge >= 0.3 is 0 Å². The molecular weight excluding hydrogens is 362 g/mol. The van der Waals surface area contributed by atoms with Gasteiger partial charge in [-0.05, 0) is 12.1 Å². The van der Waals surface area contributed by atoms with Crippen molar-refractivity contribution in [2.24, 2.45) is 0 Å². The molecular formula is C13H18BrNO5S. The zero-order valence-electron chi connectivity index (χ0n) is 11.9. The van der Waals surface area contributed by atoms with E-state index in [1.165, 1.54) is 23.5 Å². The number of nitrogens with zero attached hydrogens (tertiary/aromatic N) is 1. The number of rotatable bonds is 6. The number of halogens is 1. The van der Waals surface area contributed by atoms with E-state index in [4.69, 9.17) is 14.2 Å². The Morgan fingerprint density at radius 2 is 2.00 bits per heavy atom. The highest BCUT2D eigenvalue weighted by molar-refractivity contribution is 9.09. The van der Waals surface area contributed by atoms with Gasteiger partial charge in [-0.1, -0.05) is 15.9 Å². The van der Waals surface area contributed by atoms with Crippen LogP contribution in [0.1, 0.15) is 0 Å². The molecule has 0 amide bonds. The van der Waals surface area contributed by atoms with E-state index in [2.05, 4.69) is 15.9 Å². The molecule has 1 heterocycles. The van der Waals surface area contributed by atoms with Crippen LogP contribution in [-0.2, 0) is 14.8 Å². The number of methoxy groups -OCH3 is 1. The average Bonchev–Trinajstić information content (AvgIpc) is 2.46. The summed E-state index contributed by atoms with van der Waals surface area (Å²) in [6, 6.07) is 4.65. The van der Waals surface area contributed by atoms with Gasteiger partial charge in [-0.15, -0.1) is 0 Å². The van der Waals surface area contributed by atoms with E-state index in [1.807, 2.05) is 0 Å². The van der Waals surface area contributed by atoms with Crippen LogP contribution in [0.15, 0.2) is 23.1 Å². The quantitative estimate of drug-likeness (QED) is 0.700. The minimum absolute atomic E-state index is 0.0699. The lowest BCUT2D eigenvalue weighted by atomic mass is 10.3. The molecule has 1 unspecified atom stereocenters. The summed E-state index contributed by atoms with van der Waals surface area (Å²) in [7, 11) is -0.463. The van der Waals surface area contributed by atoms with E-state index in [0.717, 1.165) is 0 Å². The molecule has 1 aliphatic rings. The molecule has 0 radical (unpaired) electrons. The summed E-state index contributed by atoms with van der Waals surface area (Å²) in [6.07, 6.45) is 0. The zero-order valence-corrected chi connectivity index (χ0v) is 14.3. The second kappa shape index (κ2) is 6.95. The maximum atomic E-state index is 12.5. The van der Waals surface area contributed by atoms with E-state index in [9.17, 15) is 8.42 Å². The van der Waals surface area contributed by atoms with Crippen LogP contribution in [0.3, 0.4) is 0 Å². The van der Waals surface area contributed by atoms with Crippen molar-refractivity contribution < 1.29 is 22.6 Å². The van der Waals surface area contributed by atoms with Gasteiger partial charge in [0.25, 0.3) is 0 Å². The summed E-state index contributed by atoms with van der Waals surface area (Å²) < 4.78 is 42.1. The first kappa shape index (κ1) is 16.5. The predicted molar refractivity (Wildman–Crippen MR) is 81.8 cm³/mol. The highest BCUT2D eigenvalue weighted by Crippen LogP contribution is 2.33. The van der Waals surface area contributed by atoms with E-state index in [1.54, 1.807) is 13.2 Å². The molecule has 0 bridgehead atoms. The van der Waals surface area contributed by atoms with Gasteiger partial charge < -0.3 is 14.2 Å². The smallest absolute Gasteiger partial charge is 0.242 e. The van der Waals surface area contributed by atoms with Gasteiger partial charge in [0.2, 0.25) is 10.0 Å². The van der Waals surface area contributed by atoms with Crippen molar-refractivity contribution in [1.82, 2.24) is 4.31 Å². The Hall–Kier alpha value is -0.830. The lowest BCUT2D eigenvalue weighted by Gasteiger charge is -2.22. The molecule has 0 saturated carbocycles. The van der Waals surface area contributed by atoms with Gasteiger partial charge in [-0.3, -0.25) is 0 Å². The SMILES string of the molecule is COCC(Br)CN(C)S(=O)(=O)c1ccc2c(c1)OCCO2. The van der Waals surface area contributed by atoms with Crippen LogP contribution in [0.5, 0.6) is 11.5 Å². The Morgan fingerprint density at radius 3 is 2.67 bits per heavy atom. The molecule has 0 saturated heterocycles. The van der Waals surface area contributed by atoms with Gasteiger partial charge in [0.05, 0.1) is 16.3 Å². The first-order chi connectivity index (χ1) is 9.95. The maximum Gasteiger partial charge on any atom is 0.242 e. The van der Waals surface area contributed by atoms with Crippen LogP contribution < -0.4 is 9.47 Å². The van der Waals surface area contributed by atoms with Crippen LogP contribution in [0.25, 0.3) is 0 Å². The summed E-state index contributed by atoms with van der Waals surface area (Å²) >= 11 is 3.39. The third-order valence-electron chi connectivity index (χ3n) is 3.02. The Morgan fingerprint density at radius 1 is 1.33 bits per heavy atom. The van der Waals surface area contributed by atoms with Crippen LogP contribution in [0.2, 0.25) is 0 Å². The summed E-state index contributed by atoms with van der Waals surface area (Å²) in [6.45, 7) is 1.64. The molecule has 8 heteroatoms.